The van der Waals surface area contributed by atoms with Gasteiger partial charge in [-0.25, -0.2) is 0 Å². The van der Waals surface area contributed by atoms with Gasteiger partial charge in [-0.3, -0.25) is 0 Å². The van der Waals surface area contributed by atoms with Gasteiger partial charge in [-0.1, -0.05) is 229 Å². The first-order valence-electron chi connectivity index (χ1n) is 22.5. The maximum absolute atomic E-state index is 2.54. The number of hydrogen-bond donors (Lipinski definition) is 0. The molecule has 0 spiro atoms. The van der Waals surface area contributed by atoms with Crippen molar-refractivity contribution in [1.82, 2.24) is 0 Å². The third kappa shape index (κ3) is 5.47. The van der Waals surface area contributed by atoms with E-state index in [0.29, 0.717) is 0 Å². The van der Waals surface area contributed by atoms with Crippen molar-refractivity contribution in [3.63, 3.8) is 0 Å². The third-order valence-electron chi connectivity index (χ3n) is 14.2. The monoisotopic (exact) mass is 910 g/mol. The van der Waals surface area contributed by atoms with Crippen LogP contribution in [0.4, 0.5) is 0 Å². The minimum Gasteiger partial charge on any atom is -0.0877 e. The van der Waals surface area contributed by atoms with Gasteiger partial charge in [0.15, 0.2) is 0 Å². The number of hydrogen-bond acceptors (Lipinski definition) is 4. The van der Waals surface area contributed by atoms with Gasteiger partial charge in [-0.15, -0.1) is 0 Å². The molecule has 0 unspecified atom stereocenters. The second-order valence-corrected chi connectivity index (χ2v) is 21.7. The molecule has 10 aromatic rings. The van der Waals surface area contributed by atoms with E-state index in [0.717, 1.165) is 0 Å². The summed E-state index contributed by atoms with van der Waals surface area (Å²) in [5.41, 5.74) is 17.1. The van der Waals surface area contributed by atoms with Crippen LogP contribution in [0.5, 0.6) is 0 Å². The van der Waals surface area contributed by atoms with Gasteiger partial charge in [-0.2, -0.15) is 0 Å². The molecule has 4 aliphatic rings. The van der Waals surface area contributed by atoms with Crippen molar-refractivity contribution in [2.45, 2.75) is 50.0 Å². The van der Waals surface area contributed by atoms with Crippen LogP contribution in [0.3, 0.4) is 0 Å². The molecule has 2 heterocycles. The van der Waals surface area contributed by atoms with Gasteiger partial charge in [0.1, 0.15) is 0 Å². The van der Waals surface area contributed by atoms with Crippen LogP contribution in [0.2, 0.25) is 0 Å². The fraction of sp³-hybridized carbons (Fsp3) is 0.0323. The van der Waals surface area contributed by atoms with Crippen LogP contribution >= 0.6 is 47.0 Å². The fourth-order valence-corrected chi connectivity index (χ4v) is 16.3. The predicted molar refractivity (Wildman–Crippen MR) is 276 cm³/mol. The Morgan fingerprint density at radius 2 is 0.561 bits per heavy atom. The van der Waals surface area contributed by atoms with Gasteiger partial charge in [-0.05, 0) is 115 Å². The molecule has 10 aromatic carbocycles. The van der Waals surface area contributed by atoms with E-state index in [9.17, 15) is 0 Å². The van der Waals surface area contributed by atoms with E-state index in [4.69, 9.17) is 0 Å². The molecule has 0 atom stereocenters. The zero-order valence-corrected chi connectivity index (χ0v) is 38.8. The highest BCUT2D eigenvalue weighted by Crippen LogP contribution is 2.65. The summed E-state index contributed by atoms with van der Waals surface area (Å²) in [7, 11) is 0. The predicted octanol–water partition coefficient (Wildman–Crippen LogP) is 17.3. The minimum atomic E-state index is -0.532. The largest absolute Gasteiger partial charge is 0.0877 e. The molecule has 0 bridgehead atoms. The zero-order chi connectivity index (χ0) is 43.4. The van der Waals surface area contributed by atoms with E-state index in [1.165, 1.54) is 117 Å². The standard InChI is InChI=1S/C62H38S4/c1-5-17-41(18-6-1)61(42-19-7-2-8-20-42)47-33-35-55-59(65-53-27-15-13-25-51(53)63-55)57(47)45-31-29-39(37-49(45)61)40-30-32-46-50(38-40)62(43-21-9-3-10-22-43,44-23-11-4-12-24-44)48-34-36-56-60(58(46)48)66-54-28-16-14-26-52(54)64-56/h1-38H. The molecular formula is C62H38S4. The van der Waals surface area contributed by atoms with Gasteiger partial charge in [0, 0.05) is 50.3 Å². The van der Waals surface area contributed by atoms with E-state index in [1.807, 2.05) is 47.0 Å². The van der Waals surface area contributed by atoms with E-state index >= 15 is 0 Å². The average molecular weight is 911 g/mol. The van der Waals surface area contributed by atoms with Crippen molar-refractivity contribution < 1.29 is 0 Å². The van der Waals surface area contributed by atoms with Crippen molar-refractivity contribution in [2.24, 2.45) is 0 Å². The lowest BCUT2D eigenvalue weighted by molar-refractivity contribution is 0.765. The Kier molecular flexibility index (Phi) is 8.86. The Morgan fingerprint density at radius 1 is 0.242 bits per heavy atom. The number of fused-ring (bicyclic) bond motifs is 12. The summed E-state index contributed by atoms with van der Waals surface area (Å²) in [5.74, 6) is 0. The van der Waals surface area contributed by atoms with Crippen molar-refractivity contribution >= 4 is 47.0 Å². The summed E-state index contributed by atoms with van der Waals surface area (Å²) in [6.45, 7) is 0. The second kappa shape index (κ2) is 15.1. The third-order valence-corrected chi connectivity index (χ3v) is 19.4. The fourth-order valence-electron chi connectivity index (χ4n) is 11.5. The zero-order valence-electron chi connectivity index (χ0n) is 35.6. The van der Waals surface area contributed by atoms with Crippen molar-refractivity contribution in [1.29, 1.82) is 0 Å². The molecule has 66 heavy (non-hydrogen) atoms. The van der Waals surface area contributed by atoms with Crippen molar-refractivity contribution in [2.75, 3.05) is 0 Å². The van der Waals surface area contributed by atoms with Crippen LogP contribution in [0.15, 0.2) is 270 Å². The van der Waals surface area contributed by atoms with Gasteiger partial charge in [0.25, 0.3) is 0 Å². The molecule has 0 saturated heterocycles. The first-order chi connectivity index (χ1) is 32.7. The Bertz CT molecular complexity index is 3260. The maximum Gasteiger partial charge on any atom is 0.0714 e. The molecule has 0 nitrogen and oxygen atoms in total. The van der Waals surface area contributed by atoms with Gasteiger partial charge < -0.3 is 0 Å². The normalized spacial score (nSPS) is 15.0. The van der Waals surface area contributed by atoms with Crippen LogP contribution in [0, 0.1) is 0 Å². The molecular weight excluding hydrogens is 873 g/mol. The molecule has 0 N–H and O–H groups in total. The number of rotatable bonds is 5. The minimum absolute atomic E-state index is 0.532. The summed E-state index contributed by atoms with van der Waals surface area (Å²) in [6.07, 6.45) is 0. The van der Waals surface area contributed by atoms with E-state index in [1.54, 1.807) is 0 Å². The molecule has 14 rings (SSSR count). The highest BCUT2D eigenvalue weighted by molar-refractivity contribution is 8.05. The first kappa shape index (κ1) is 38.8. The summed E-state index contributed by atoms with van der Waals surface area (Å²) in [6, 6.07) is 87.1. The first-order valence-corrected chi connectivity index (χ1v) is 25.7. The maximum atomic E-state index is 2.54. The topological polar surface area (TPSA) is 0 Å². The Labute approximate surface area is 402 Å². The lowest BCUT2D eigenvalue weighted by Gasteiger charge is -2.35. The van der Waals surface area contributed by atoms with Gasteiger partial charge in [0.05, 0.1) is 10.8 Å². The molecule has 310 valence electrons. The van der Waals surface area contributed by atoms with Crippen molar-refractivity contribution in [3.8, 4) is 33.4 Å². The number of benzene rings is 10. The summed E-state index contributed by atoms with van der Waals surface area (Å²) >= 11 is 7.65. The highest BCUT2D eigenvalue weighted by atomic mass is 32.2. The molecule has 0 fully saturated rings. The van der Waals surface area contributed by atoms with Crippen LogP contribution in [0.25, 0.3) is 33.4 Å². The Hall–Kier alpha value is -6.40. The van der Waals surface area contributed by atoms with Crippen LogP contribution in [-0.2, 0) is 10.8 Å². The average Bonchev–Trinajstić information content (AvgIpc) is 3.87. The smallest absolute Gasteiger partial charge is 0.0714 e. The second-order valence-electron chi connectivity index (χ2n) is 17.4. The van der Waals surface area contributed by atoms with Gasteiger partial charge >= 0.3 is 0 Å². The van der Waals surface area contributed by atoms with Crippen LogP contribution < -0.4 is 0 Å². The molecule has 0 radical (unpaired) electrons. The van der Waals surface area contributed by atoms with Gasteiger partial charge in [0.2, 0.25) is 0 Å². The van der Waals surface area contributed by atoms with E-state index < -0.39 is 10.8 Å². The molecule has 2 aliphatic carbocycles. The summed E-state index contributed by atoms with van der Waals surface area (Å²) in [4.78, 5) is 10.6. The lowest BCUT2D eigenvalue weighted by Crippen LogP contribution is -2.29. The summed E-state index contributed by atoms with van der Waals surface area (Å²) < 4.78 is 0. The van der Waals surface area contributed by atoms with E-state index in [2.05, 4.69) is 231 Å². The van der Waals surface area contributed by atoms with Crippen molar-refractivity contribution in [3.05, 3.63) is 275 Å². The highest BCUT2D eigenvalue weighted by Gasteiger charge is 2.50. The Morgan fingerprint density at radius 3 is 0.909 bits per heavy atom. The Balaban J connectivity index is 1.03. The quantitative estimate of drug-likeness (QED) is 0.169. The molecule has 4 heteroatoms. The van der Waals surface area contributed by atoms with Crippen LogP contribution in [0.1, 0.15) is 44.5 Å². The van der Waals surface area contributed by atoms with Crippen LogP contribution in [-0.4, -0.2) is 0 Å². The van der Waals surface area contributed by atoms with E-state index in [-0.39, 0.29) is 0 Å². The molecule has 0 amide bonds. The molecule has 0 aromatic heterocycles. The lowest BCUT2D eigenvalue weighted by atomic mass is 9.67. The molecule has 0 saturated carbocycles. The summed E-state index contributed by atoms with van der Waals surface area (Å²) in [5, 5.41) is 0. The molecule has 2 aliphatic heterocycles. The SMILES string of the molecule is c1ccc(C2(c3ccccc3)c3cc(-c4ccc5c(c4)C(c4ccccc4)(c4ccccc4)c4ccc6c(c4-5)Sc4ccccc4S6)ccc3-c3c2ccc2c3Sc3ccccc3S2)cc1.